The van der Waals surface area contributed by atoms with Crippen LogP contribution in [-0.4, -0.2) is 4.98 Å². The summed E-state index contributed by atoms with van der Waals surface area (Å²) in [5, 5.41) is 0. The molecule has 78 valence electrons. The first kappa shape index (κ1) is 10.4. The second-order valence-corrected chi connectivity index (χ2v) is 4.28. The molecule has 0 spiro atoms. The van der Waals surface area contributed by atoms with Gasteiger partial charge in [-0.25, -0.2) is 4.98 Å². The lowest BCUT2D eigenvalue weighted by molar-refractivity contribution is 0.480. The summed E-state index contributed by atoms with van der Waals surface area (Å²) in [7, 11) is 0. The van der Waals surface area contributed by atoms with Crippen LogP contribution >= 0.6 is 15.9 Å². The van der Waals surface area contributed by atoms with E-state index in [1.165, 1.54) is 0 Å². The van der Waals surface area contributed by atoms with Crippen LogP contribution in [0.15, 0.2) is 33.2 Å². The van der Waals surface area contributed by atoms with Crippen molar-refractivity contribution in [2.24, 2.45) is 0 Å². The SMILES string of the molecule is CCc1oc(C)nc1-c1cccc(Br)c1. The van der Waals surface area contributed by atoms with Crippen LogP contribution in [0.5, 0.6) is 0 Å². The fraction of sp³-hybridized carbons (Fsp3) is 0.250. The highest BCUT2D eigenvalue weighted by atomic mass is 79.9. The summed E-state index contributed by atoms with van der Waals surface area (Å²) < 4.78 is 6.59. The number of aromatic nitrogens is 1. The standard InChI is InChI=1S/C12H12BrNO/c1-3-11-12(14-8(2)15-11)9-5-4-6-10(13)7-9/h4-7H,3H2,1-2H3. The van der Waals surface area contributed by atoms with Gasteiger partial charge >= 0.3 is 0 Å². The van der Waals surface area contributed by atoms with Crippen molar-refractivity contribution in [1.29, 1.82) is 0 Å². The Morgan fingerprint density at radius 3 is 2.87 bits per heavy atom. The molecule has 1 heterocycles. The van der Waals surface area contributed by atoms with Crippen molar-refractivity contribution in [2.75, 3.05) is 0 Å². The number of hydrogen-bond acceptors (Lipinski definition) is 2. The number of nitrogens with zero attached hydrogens (tertiary/aromatic N) is 1. The Bertz CT molecular complexity index is 476. The molecule has 0 saturated heterocycles. The van der Waals surface area contributed by atoms with Crippen LogP contribution < -0.4 is 0 Å². The van der Waals surface area contributed by atoms with E-state index < -0.39 is 0 Å². The zero-order valence-corrected chi connectivity index (χ0v) is 10.3. The molecule has 2 aromatic rings. The lowest BCUT2D eigenvalue weighted by Crippen LogP contribution is -1.83. The van der Waals surface area contributed by atoms with Crippen LogP contribution in [0, 0.1) is 6.92 Å². The molecule has 0 aliphatic heterocycles. The fourth-order valence-electron chi connectivity index (χ4n) is 1.57. The minimum Gasteiger partial charge on any atom is -0.445 e. The molecule has 0 atom stereocenters. The van der Waals surface area contributed by atoms with Crippen LogP contribution in [0.1, 0.15) is 18.6 Å². The maximum atomic E-state index is 5.53. The van der Waals surface area contributed by atoms with Crippen molar-refractivity contribution in [1.82, 2.24) is 4.98 Å². The molecule has 0 bridgehead atoms. The van der Waals surface area contributed by atoms with Gasteiger partial charge in [-0.05, 0) is 12.1 Å². The lowest BCUT2D eigenvalue weighted by atomic mass is 10.1. The Kier molecular flexibility index (Phi) is 2.91. The first-order chi connectivity index (χ1) is 7.20. The lowest BCUT2D eigenvalue weighted by Gasteiger charge is -1.99. The van der Waals surface area contributed by atoms with E-state index in [0.29, 0.717) is 0 Å². The van der Waals surface area contributed by atoms with E-state index in [4.69, 9.17) is 4.42 Å². The highest BCUT2D eigenvalue weighted by molar-refractivity contribution is 9.10. The van der Waals surface area contributed by atoms with Crippen LogP contribution in [0.2, 0.25) is 0 Å². The van der Waals surface area contributed by atoms with Crippen LogP contribution in [0.3, 0.4) is 0 Å². The second kappa shape index (κ2) is 4.19. The van der Waals surface area contributed by atoms with E-state index in [9.17, 15) is 0 Å². The molecule has 0 aliphatic carbocycles. The van der Waals surface area contributed by atoms with Crippen molar-refractivity contribution in [3.05, 3.63) is 40.4 Å². The fourth-order valence-corrected chi connectivity index (χ4v) is 1.97. The van der Waals surface area contributed by atoms with E-state index >= 15 is 0 Å². The number of benzene rings is 1. The smallest absolute Gasteiger partial charge is 0.191 e. The summed E-state index contributed by atoms with van der Waals surface area (Å²) in [5.74, 6) is 1.67. The van der Waals surface area contributed by atoms with Crippen LogP contribution in [0.4, 0.5) is 0 Å². The minimum absolute atomic E-state index is 0.724. The number of rotatable bonds is 2. The molecule has 3 heteroatoms. The number of hydrogen-bond donors (Lipinski definition) is 0. The van der Waals surface area contributed by atoms with E-state index in [1.807, 2.05) is 25.1 Å². The predicted octanol–water partition coefficient (Wildman–Crippen LogP) is 3.97. The summed E-state index contributed by atoms with van der Waals surface area (Å²) >= 11 is 3.45. The summed E-state index contributed by atoms with van der Waals surface area (Å²) in [6.07, 6.45) is 0.864. The Morgan fingerprint density at radius 1 is 1.40 bits per heavy atom. The average molecular weight is 266 g/mol. The van der Waals surface area contributed by atoms with E-state index in [-0.39, 0.29) is 0 Å². The second-order valence-electron chi connectivity index (χ2n) is 3.37. The van der Waals surface area contributed by atoms with Crippen molar-refractivity contribution in [3.8, 4) is 11.3 Å². The molecule has 0 unspecified atom stereocenters. The molecule has 0 N–H and O–H groups in total. The van der Waals surface area contributed by atoms with Crippen molar-refractivity contribution < 1.29 is 4.42 Å². The number of halogens is 1. The quantitative estimate of drug-likeness (QED) is 0.821. The number of oxazole rings is 1. The molecular formula is C12H12BrNO. The van der Waals surface area contributed by atoms with Gasteiger partial charge in [-0.1, -0.05) is 35.0 Å². The van der Waals surface area contributed by atoms with E-state index in [0.717, 1.165) is 33.8 Å². The maximum absolute atomic E-state index is 5.53. The van der Waals surface area contributed by atoms with Crippen molar-refractivity contribution in [3.63, 3.8) is 0 Å². The highest BCUT2D eigenvalue weighted by Gasteiger charge is 2.11. The van der Waals surface area contributed by atoms with E-state index in [2.05, 4.69) is 33.9 Å². The third-order valence-electron chi connectivity index (χ3n) is 2.22. The molecule has 1 aromatic carbocycles. The molecule has 0 amide bonds. The molecular weight excluding hydrogens is 254 g/mol. The van der Waals surface area contributed by atoms with Crippen molar-refractivity contribution in [2.45, 2.75) is 20.3 Å². The normalized spacial score (nSPS) is 10.6. The van der Waals surface area contributed by atoms with Gasteiger partial charge in [-0.2, -0.15) is 0 Å². The summed E-state index contributed by atoms with van der Waals surface area (Å²) in [4.78, 5) is 4.41. The molecule has 2 rings (SSSR count). The summed E-state index contributed by atoms with van der Waals surface area (Å²) in [5.41, 5.74) is 2.05. The van der Waals surface area contributed by atoms with Crippen LogP contribution in [0.25, 0.3) is 11.3 Å². The zero-order valence-electron chi connectivity index (χ0n) is 8.75. The zero-order chi connectivity index (χ0) is 10.8. The molecule has 0 fully saturated rings. The topological polar surface area (TPSA) is 26.0 Å². The Labute approximate surface area is 97.5 Å². The van der Waals surface area contributed by atoms with Gasteiger partial charge in [0, 0.05) is 23.4 Å². The Hall–Kier alpha value is -1.09. The highest BCUT2D eigenvalue weighted by Crippen LogP contribution is 2.26. The molecule has 0 radical (unpaired) electrons. The van der Waals surface area contributed by atoms with Gasteiger partial charge in [0.05, 0.1) is 0 Å². The Balaban J connectivity index is 2.53. The molecule has 0 aliphatic rings. The van der Waals surface area contributed by atoms with Gasteiger partial charge < -0.3 is 4.42 Å². The molecule has 2 nitrogen and oxygen atoms in total. The molecule has 15 heavy (non-hydrogen) atoms. The van der Waals surface area contributed by atoms with Crippen LogP contribution in [-0.2, 0) is 6.42 Å². The van der Waals surface area contributed by atoms with Gasteiger partial charge in [0.1, 0.15) is 11.5 Å². The summed E-state index contributed by atoms with van der Waals surface area (Å²) in [6.45, 7) is 3.95. The molecule has 1 aromatic heterocycles. The van der Waals surface area contributed by atoms with Gasteiger partial charge in [-0.15, -0.1) is 0 Å². The monoisotopic (exact) mass is 265 g/mol. The summed E-state index contributed by atoms with van der Waals surface area (Å²) in [6, 6.07) is 8.10. The first-order valence-corrected chi connectivity index (χ1v) is 5.72. The largest absolute Gasteiger partial charge is 0.445 e. The Morgan fingerprint density at radius 2 is 2.20 bits per heavy atom. The first-order valence-electron chi connectivity index (χ1n) is 4.93. The van der Waals surface area contributed by atoms with Gasteiger partial charge in [0.15, 0.2) is 5.89 Å². The minimum atomic E-state index is 0.724. The van der Waals surface area contributed by atoms with Gasteiger partial charge in [0.2, 0.25) is 0 Å². The third kappa shape index (κ3) is 2.12. The number of aryl methyl sites for hydroxylation is 2. The third-order valence-corrected chi connectivity index (χ3v) is 2.72. The predicted molar refractivity (Wildman–Crippen MR) is 63.8 cm³/mol. The average Bonchev–Trinajstić information content (AvgIpc) is 2.59. The maximum Gasteiger partial charge on any atom is 0.191 e. The molecule has 0 saturated carbocycles. The van der Waals surface area contributed by atoms with Gasteiger partial charge in [-0.3, -0.25) is 0 Å². The van der Waals surface area contributed by atoms with E-state index in [1.54, 1.807) is 0 Å². The van der Waals surface area contributed by atoms with Gasteiger partial charge in [0.25, 0.3) is 0 Å². The van der Waals surface area contributed by atoms with Crippen molar-refractivity contribution >= 4 is 15.9 Å².